The average Bonchev–Trinajstić information content (AvgIpc) is 3.32. The molecule has 8 heteroatoms. The number of H-pyrrole nitrogens is 1. The minimum atomic E-state index is -1.38. The van der Waals surface area contributed by atoms with Gasteiger partial charge in [0.05, 0.1) is 6.04 Å². The van der Waals surface area contributed by atoms with Gasteiger partial charge in [-0.1, -0.05) is 6.07 Å². The molecule has 0 saturated heterocycles. The second kappa shape index (κ2) is 7.48. The summed E-state index contributed by atoms with van der Waals surface area (Å²) in [5, 5.41) is 9.15. The number of carbonyl (C=O) groups is 1. The van der Waals surface area contributed by atoms with Crippen molar-refractivity contribution in [2.45, 2.75) is 31.0 Å². The van der Waals surface area contributed by atoms with Crippen LogP contribution >= 0.6 is 0 Å². The molecule has 166 valence electrons. The van der Waals surface area contributed by atoms with Crippen LogP contribution in [-0.4, -0.2) is 39.7 Å². The van der Waals surface area contributed by atoms with Gasteiger partial charge in [-0.15, -0.1) is 0 Å². The molecule has 0 spiro atoms. The van der Waals surface area contributed by atoms with Gasteiger partial charge in [0.25, 0.3) is 0 Å². The molecular weight excluding hydrogens is 424 g/mol. The third-order valence-electron chi connectivity index (χ3n) is 6.27. The van der Waals surface area contributed by atoms with Crippen LogP contribution < -0.4 is 0 Å². The fraction of sp³-hybridized carbons (Fsp3) is 0.292. The van der Waals surface area contributed by atoms with E-state index in [1.54, 1.807) is 17.0 Å². The van der Waals surface area contributed by atoms with E-state index in [1.807, 2.05) is 0 Å². The molecule has 3 aromatic rings. The summed E-state index contributed by atoms with van der Waals surface area (Å²) in [6.45, 7) is 0.346. The first-order valence-corrected chi connectivity index (χ1v) is 10.4. The number of hydrogen-bond donors (Lipinski definition) is 2. The zero-order chi connectivity index (χ0) is 22.6. The Balaban J connectivity index is 1.66. The molecule has 1 aliphatic carbocycles. The summed E-state index contributed by atoms with van der Waals surface area (Å²) in [6.07, 6.45) is 3.11. The quantitative estimate of drug-likeness (QED) is 0.424. The molecule has 4 nitrogen and oxygen atoms in total. The lowest BCUT2D eigenvalue weighted by atomic mass is 9.90. The first-order valence-electron chi connectivity index (χ1n) is 10.4. The van der Waals surface area contributed by atoms with Crippen molar-refractivity contribution in [1.29, 1.82) is 0 Å². The fourth-order valence-corrected chi connectivity index (χ4v) is 4.63. The molecule has 2 aromatic carbocycles. The van der Waals surface area contributed by atoms with Gasteiger partial charge in [-0.05, 0) is 60.7 Å². The number of aromatic amines is 1. The molecule has 2 N–H and O–H groups in total. The van der Waals surface area contributed by atoms with Gasteiger partial charge in [-0.25, -0.2) is 22.4 Å². The number of aromatic nitrogens is 1. The van der Waals surface area contributed by atoms with E-state index in [4.69, 9.17) is 5.11 Å². The van der Waals surface area contributed by atoms with Crippen LogP contribution in [0.2, 0.25) is 0 Å². The highest BCUT2D eigenvalue weighted by Gasteiger charge is 2.47. The van der Waals surface area contributed by atoms with E-state index < -0.39 is 35.1 Å². The standard InChI is InChI=1S/C24H20F4N2O2/c25-15-2-1-3-18-20(15)14-6-9-30(12-24(28)7-8-24)23(22(14)29-18)21-16(26)10-13(11-17(21)27)4-5-19(31)32/h1-5,10-11,23,29H,6-9,12H2,(H,31,32)/b5-4+. The van der Waals surface area contributed by atoms with Gasteiger partial charge in [0, 0.05) is 41.3 Å². The zero-order valence-corrected chi connectivity index (χ0v) is 17.0. The second-order valence-corrected chi connectivity index (χ2v) is 8.52. The summed E-state index contributed by atoms with van der Waals surface area (Å²) in [5.41, 5.74) is 0.00800. The van der Waals surface area contributed by atoms with Gasteiger partial charge < -0.3 is 10.1 Å². The van der Waals surface area contributed by atoms with E-state index >= 15 is 8.78 Å². The van der Waals surface area contributed by atoms with E-state index in [1.165, 1.54) is 6.07 Å². The van der Waals surface area contributed by atoms with E-state index in [2.05, 4.69) is 4.98 Å². The van der Waals surface area contributed by atoms with Crippen LogP contribution in [0.4, 0.5) is 17.6 Å². The summed E-state index contributed by atoms with van der Waals surface area (Å²) >= 11 is 0. The highest BCUT2D eigenvalue weighted by atomic mass is 19.1. The number of carboxylic acid groups (broad SMARTS) is 1. The van der Waals surface area contributed by atoms with Crippen LogP contribution in [0.15, 0.2) is 36.4 Å². The van der Waals surface area contributed by atoms with E-state index in [0.29, 0.717) is 48.0 Å². The van der Waals surface area contributed by atoms with E-state index in [9.17, 15) is 13.6 Å². The van der Waals surface area contributed by atoms with E-state index in [-0.39, 0.29) is 17.7 Å². The van der Waals surface area contributed by atoms with Crippen LogP contribution in [0, 0.1) is 17.5 Å². The summed E-state index contributed by atoms with van der Waals surface area (Å²) in [4.78, 5) is 15.6. The Bertz CT molecular complexity index is 1240. The Morgan fingerprint density at radius 1 is 1.19 bits per heavy atom. The minimum Gasteiger partial charge on any atom is -0.478 e. The van der Waals surface area contributed by atoms with Crippen molar-refractivity contribution in [1.82, 2.24) is 9.88 Å². The number of halogens is 4. The second-order valence-electron chi connectivity index (χ2n) is 8.52. The third-order valence-corrected chi connectivity index (χ3v) is 6.27. The molecule has 0 bridgehead atoms. The molecule has 2 aliphatic rings. The van der Waals surface area contributed by atoms with Gasteiger partial charge in [0.15, 0.2) is 0 Å². The molecule has 0 amide bonds. The number of nitrogens with one attached hydrogen (secondary N) is 1. The molecule has 1 unspecified atom stereocenters. The summed E-state index contributed by atoms with van der Waals surface area (Å²) in [7, 11) is 0. The van der Waals surface area contributed by atoms with Crippen molar-refractivity contribution in [2.24, 2.45) is 0 Å². The van der Waals surface area contributed by atoms with Crippen LogP contribution in [0.5, 0.6) is 0 Å². The van der Waals surface area contributed by atoms with Crippen molar-refractivity contribution in [3.8, 4) is 0 Å². The molecule has 1 fully saturated rings. The zero-order valence-electron chi connectivity index (χ0n) is 17.0. The fourth-order valence-electron chi connectivity index (χ4n) is 4.63. The Labute approximate surface area is 181 Å². The maximum Gasteiger partial charge on any atom is 0.328 e. The summed E-state index contributed by atoms with van der Waals surface area (Å²) in [5.74, 6) is -3.41. The number of aliphatic carboxylic acids is 1. The first kappa shape index (κ1) is 20.8. The molecule has 5 rings (SSSR count). The highest BCUT2D eigenvalue weighted by molar-refractivity contribution is 5.86. The number of carboxylic acids is 1. The van der Waals surface area contributed by atoms with Crippen LogP contribution in [-0.2, 0) is 11.2 Å². The molecule has 1 saturated carbocycles. The lowest BCUT2D eigenvalue weighted by Gasteiger charge is -2.37. The molecular formula is C24H20F4N2O2. The Morgan fingerprint density at radius 3 is 2.56 bits per heavy atom. The maximum absolute atomic E-state index is 15.2. The molecule has 1 aliphatic heterocycles. The minimum absolute atomic E-state index is 0.0223. The van der Waals surface area contributed by atoms with Gasteiger partial charge in [-0.3, -0.25) is 4.90 Å². The number of hydrogen-bond acceptors (Lipinski definition) is 2. The van der Waals surface area contributed by atoms with Crippen molar-refractivity contribution in [3.05, 3.63) is 76.2 Å². The molecule has 1 aromatic heterocycles. The summed E-state index contributed by atoms with van der Waals surface area (Å²) in [6, 6.07) is 5.73. The van der Waals surface area contributed by atoms with Crippen molar-refractivity contribution in [2.75, 3.05) is 13.1 Å². The third kappa shape index (κ3) is 3.58. The van der Waals surface area contributed by atoms with Gasteiger partial charge in [0.2, 0.25) is 0 Å². The Kier molecular flexibility index (Phi) is 4.85. The first-order chi connectivity index (χ1) is 15.3. The molecule has 2 heterocycles. The van der Waals surface area contributed by atoms with Crippen LogP contribution in [0.3, 0.4) is 0 Å². The number of rotatable bonds is 5. The van der Waals surface area contributed by atoms with Crippen molar-refractivity contribution >= 4 is 22.9 Å². The lowest BCUT2D eigenvalue weighted by molar-refractivity contribution is -0.131. The maximum atomic E-state index is 15.2. The topological polar surface area (TPSA) is 56.3 Å². The average molecular weight is 444 g/mol. The Morgan fingerprint density at radius 2 is 1.91 bits per heavy atom. The number of nitrogens with zero attached hydrogens (tertiary/aromatic N) is 1. The van der Waals surface area contributed by atoms with Crippen LogP contribution in [0.1, 0.15) is 41.3 Å². The number of benzene rings is 2. The molecule has 1 atom stereocenters. The van der Waals surface area contributed by atoms with Gasteiger partial charge in [0.1, 0.15) is 23.1 Å². The normalized spacial score (nSPS) is 20.1. The SMILES string of the molecule is O=C(O)/C=C/c1cc(F)c(C2c3[nH]c4cccc(F)c4c3CCN2CC2(F)CC2)c(F)c1. The van der Waals surface area contributed by atoms with Crippen molar-refractivity contribution < 1.29 is 27.5 Å². The molecule has 32 heavy (non-hydrogen) atoms. The Hall–Kier alpha value is -3.13. The predicted octanol–water partition coefficient (Wildman–Crippen LogP) is 5.13. The number of fused-ring (bicyclic) bond motifs is 3. The van der Waals surface area contributed by atoms with E-state index in [0.717, 1.165) is 24.3 Å². The van der Waals surface area contributed by atoms with Crippen LogP contribution in [0.25, 0.3) is 17.0 Å². The smallest absolute Gasteiger partial charge is 0.328 e. The van der Waals surface area contributed by atoms with Crippen molar-refractivity contribution in [3.63, 3.8) is 0 Å². The molecule has 0 radical (unpaired) electrons. The predicted molar refractivity (Wildman–Crippen MR) is 111 cm³/mol. The summed E-state index contributed by atoms with van der Waals surface area (Å²) < 4.78 is 59.8. The number of alkyl halides is 1. The lowest BCUT2D eigenvalue weighted by Crippen LogP contribution is -2.41. The highest BCUT2D eigenvalue weighted by Crippen LogP contribution is 2.46. The van der Waals surface area contributed by atoms with Gasteiger partial charge in [-0.2, -0.15) is 0 Å². The van der Waals surface area contributed by atoms with Gasteiger partial charge >= 0.3 is 5.97 Å². The monoisotopic (exact) mass is 444 g/mol. The largest absolute Gasteiger partial charge is 0.478 e.